The quantitative estimate of drug-likeness (QED) is 0.0261. The molecule has 0 aliphatic carbocycles. The smallest absolute Gasteiger partial charge is 0.335 e. The highest BCUT2D eigenvalue weighted by Crippen LogP contribution is 2.23. The van der Waals surface area contributed by atoms with E-state index < -0.39 is 61.3 Å². The van der Waals surface area contributed by atoms with Crippen molar-refractivity contribution in [3.05, 3.63) is 24.3 Å². The van der Waals surface area contributed by atoms with Crippen LogP contribution in [0.5, 0.6) is 0 Å². The molecule has 1 heterocycles. The SMILES string of the molecule is CCC/C=C\C/C=C\CCCCCCCC(=O)OCC(COC1OC(C(=O)O)C(O)C(O)C1O)OC(=O)CCCCCCCCCCCCCCCCCCCCCCCCCC. The number of carbonyl (C=O) groups is 3. The van der Waals surface area contributed by atoms with Gasteiger partial charge in [-0.15, -0.1) is 0 Å². The Morgan fingerprint density at radius 1 is 0.492 bits per heavy atom. The summed E-state index contributed by atoms with van der Waals surface area (Å²) in [6, 6.07) is 0. The van der Waals surface area contributed by atoms with Gasteiger partial charge in [0.1, 0.15) is 24.9 Å². The van der Waals surface area contributed by atoms with Crippen molar-refractivity contribution >= 4 is 17.9 Å². The number of hydrogen-bond donors (Lipinski definition) is 4. The van der Waals surface area contributed by atoms with Gasteiger partial charge in [0, 0.05) is 12.8 Å². The van der Waals surface area contributed by atoms with Crippen LogP contribution in [0.3, 0.4) is 0 Å². The summed E-state index contributed by atoms with van der Waals surface area (Å²) in [6.07, 6.45) is 39.6. The average molecular weight is 895 g/mol. The summed E-state index contributed by atoms with van der Waals surface area (Å²) in [5.41, 5.74) is 0. The second kappa shape index (κ2) is 42.3. The fourth-order valence-corrected chi connectivity index (χ4v) is 7.98. The molecule has 4 N–H and O–H groups in total. The molecule has 1 aliphatic rings. The van der Waals surface area contributed by atoms with Crippen LogP contribution in [0.2, 0.25) is 0 Å². The van der Waals surface area contributed by atoms with Gasteiger partial charge in [0.15, 0.2) is 18.5 Å². The Hall–Kier alpha value is -2.31. The highest BCUT2D eigenvalue weighted by Gasteiger charge is 2.47. The van der Waals surface area contributed by atoms with E-state index in [0.717, 1.165) is 64.2 Å². The van der Waals surface area contributed by atoms with Crippen molar-refractivity contribution < 1.29 is 53.8 Å². The first-order chi connectivity index (χ1) is 30.7. The molecule has 1 saturated heterocycles. The minimum Gasteiger partial charge on any atom is -0.479 e. The second-order valence-electron chi connectivity index (χ2n) is 18.0. The van der Waals surface area contributed by atoms with E-state index in [1.54, 1.807) is 0 Å². The van der Waals surface area contributed by atoms with Gasteiger partial charge in [-0.3, -0.25) is 9.59 Å². The van der Waals surface area contributed by atoms with E-state index in [-0.39, 0.29) is 19.4 Å². The van der Waals surface area contributed by atoms with Crippen LogP contribution in [-0.2, 0) is 33.3 Å². The maximum Gasteiger partial charge on any atom is 0.335 e. The number of carbonyl (C=O) groups excluding carboxylic acids is 2. The molecule has 0 aromatic carbocycles. The number of aliphatic hydroxyl groups excluding tert-OH is 3. The van der Waals surface area contributed by atoms with Gasteiger partial charge in [-0.1, -0.05) is 212 Å². The minimum atomic E-state index is -1.86. The largest absolute Gasteiger partial charge is 0.479 e. The molecule has 0 spiro atoms. The normalized spacial score (nSPS) is 19.5. The number of aliphatic hydroxyl groups is 3. The molecule has 1 rings (SSSR count). The Morgan fingerprint density at radius 3 is 1.38 bits per heavy atom. The number of esters is 2. The zero-order chi connectivity index (χ0) is 46.0. The average Bonchev–Trinajstić information content (AvgIpc) is 3.27. The van der Waals surface area contributed by atoms with E-state index in [1.165, 1.54) is 135 Å². The van der Waals surface area contributed by atoms with E-state index >= 15 is 0 Å². The summed E-state index contributed by atoms with van der Waals surface area (Å²) < 4.78 is 21.8. The van der Waals surface area contributed by atoms with Gasteiger partial charge < -0.3 is 39.4 Å². The van der Waals surface area contributed by atoms with Gasteiger partial charge in [-0.25, -0.2) is 4.79 Å². The summed E-state index contributed by atoms with van der Waals surface area (Å²) in [7, 11) is 0. The molecule has 0 aromatic heterocycles. The number of hydrogen-bond acceptors (Lipinski definition) is 10. The Labute approximate surface area is 383 Å². The molecule has 0 saturated carbocycles. The first-order valence-electron chi connectivity index (χ1n) is 25.9. The van der Waals surface area contributed by atoms with E-state index in [0.29, 0.717) is 12.8 Å². The van der Waals surface area contributed by atoms with Crippen LogP contribution in [0.15, 0.2) is 24.3 Å². The van der Waals surface area contributed by atoms with Crippen LogP contribution in [0.25, 0.3) is 0 Å². The summed E-state index contributed by atoms with van der Waals surface area (Å²) in [6.45, 7) is 3.77. The first kappa shape index (κ1) is 58.7. The van der Waals surface area contributed by atoms with Crippen LogP contribution in [-0.4, -0.2) is 88.4 Å². The van der Waals surface area contributed by atoms with Crippen LogP contribution >= 0.6 is 0 Å². The molecule has 11 heteroatoms. The highest BCUT2D eigenvalue weighted by molar-refractivity contribution is 5.73. The minimum absolute atomic E-state index is 0.185. The zero-order valence-corrected chi connectivity index (χ0v) is 40.1. The topological polar surface area (TPSA) is 169 Å². The van der Waals surface area contributed by atoms with E-state index in [2.05, 4.69) is 38.2 Å². The predicted molar refractivity (Wildman–Crippen MR) is 252 cm³/mol. The van der Waals surface area contributed by atoms with Gasteiger partial charge in [-0.2, -0.15) is 0 Å². The van der Waals surface area contributed by atoms with Crippen molar-refractivity contribution in [1.82, 2.24) is 0 Å². The third-order valence-corrected chi connectivity index (χ3v) is 12.0. The van der Waals surface area contributed by atoms with Crippen molar-refractivity contribution in [2.24, 2.45) is 0 Å². The van der Waals surface area contributed by atoms with Crippen LogP contribution < -0.4 is 0 Å². The summed E-state index contributed by atoms with van der Waals surface area (Å²) in [4.78, 5) is 36.9. The second-order valence-corrected chi connectivity index (χ2v) is 18.0. The molecule has 63 heavy (non-hydrogen) atoms. The molecule has 1 fully saturated rings. The van der Waals surface area contributed by atoms with Crippen molar-refractivity contribution in [3.8, 4) is 0 Å². The molecular formula is C52H94O11. The maximum atomic E-state index is 12.8. The summed E-state index contributed by atoms with van der Waals surface area (Å²) in [5, 5.41) is 39.9. The molecule has 0 bridgehead atoms. The summed E-state index contributed by atoms with van der Waals surface area (Å²) >= 11 is 0. The van der Waals surface area contributed by atoms with Gasteiger partial charge in [0.05, 0.1) is 6.61 Å². The van der Waals surface area contributed by atoms with Crippen molar-refractivity contribution in [2.45, 2.75) is 275 Å². The van der Waals surface area contributed by atoms with Crippen molar-refractivity contribution in [3.63, 3.8) is 0 Å². The zero-order valence-electron chi connectivity index (χ0n) is 40.1. The number of unbranched alkanes of at least 4 members (excludes halogenated alkanes) is 29. The van der Waals surface area contributed by atoms with Crippen LogP contribution in [0, 0.1) is 0 Å². The van der Waals surface area contributed by atoms with E-state index in [4.69, 9.17) is 18.9 Å². The number of carboxylic acids is 1. The van der Waals surface area contributed by atoms with Gasteiger partial charge in [0.2, 0.25) is 0 Å². The predicted octanol–water partition coefficient (Wildman–Crippen LogP) is 12.2. The summed E-state index contributed by atoms with van der Waals surface area (Å²) in [5.74, 6) is -2.45. The third-order valence-electron chi connectivity index (χ3n) is 12.0. The van der Waals surface area contributed by atoms with E-state index in [1.807, 2.05) is 0 Å². The lowest BCUT2D eigenvalue weighted by molar-refractivity contribution is -0.298. The molecule has 0 aromatic rings. The standard InChI is InChI=1S/C52H94O11/c1-3-5-7-9-11-13-15-17-18-19-20-21-22-23-24-25-26-27-29-31-33-35-37-39-41-46(54)62-44(43-61-52-49(57)47(55)48(56)50(63-52)51(58)59)42-60-45(53)40-38-36-34-32-30-28-16-14-12-10-8-6-4-2/h8,10,14,16,44,47-50,52,55-57H,3-7,9,11-13,15,17-43H2,1-2H3,(H,58,59)/b10-8-,16-14-. The molecule has 11 nitrogen and oxygen atoms in total. The Kier molecular flexibility index (Phi) is 39.4. The first-order valence-corrected chi connectivity index (χ1v) is 25.9. The molecular weight excluding hydrogens is 801 g/mol. The highest BCUT2D eigenvalue weighted by atomic mass is 16.7. The molecule has 1 aliphatic heterocycles. The lowest BCUT2D eigenvalue weighted by atomic mass is 9.99. The Balaban J connectivity index is 2.24. The maximum absolute atomic E-state index is 12.8. The fraction of sp³-hybridized carbons (Fsp3) is 0.865. The fourth-order valence-electron chi connectivity index (χ4n) is 7.98. The molecule has 0 amide bonds. The molecule has 368 valence electrons. The van der Waals surface area contributed by atoms with Crippen molar-refractivity contribution in [1.29, 1.82) is 0 Å². The van der Waals surface area contributed by atoms with Gasteiger partial charge >= 0.3 is 17.9 Å². The Morgan fingerprint density at radius 2 is 0.921 bits per heavy atom. The lowest BCUT2D eigenvalue weighted by Crippen LogP contribution is -2.60. The molecule has 6 unspecified atom stereocenters. The van der Waals surface area contributed by atoms with E-state index in [9.17, 15) is 34.8 Å². The van der Waals surface area contributed by atoms with Crippen LogP contribution in [0.4, 0.5) is 0 Å². The number of aliphatic carboxylic acids is 1. The van der Waals surface area contributed by atoms with Gasteiger partial charge in [-0.05, 0) is 38.5 Å². The third kappa shape index (κ3) is 33.8. The number of carboxylic acid groups (broad SMARTS) is 1. The number of rotatable bonds is 44. The molecule has 0 radical (unpaired) electrons. The number of ether oxygens (including phenoxy) is 4. The molecule has 6 atom stereocenters. The monoisotopic (exact) mass is 895 g/mol. The van der Waals surface area contributed by atoms with Crippen molar-refractivity contribution in [2.75, 3.05) is 13.2 Å². The van der Waals surface area contributed by atoms with Crippen LogP contribution in [0.1, 0.15) is 239 Å². The van der Waals surface area contributed by atoms with Gasteiger partial charge in [0.25, 0.3) is 0 Å². The Bertz CT molecular complexity index is 1140. The number of allylic oxidation sites excluding steroid dienone is 4. The lowest BCUT2D eigenvalue weighted by Gasteiger charge is -2.38.